The Hall–Kier alpha value is -1.40. The maximum absolute atomic E-state index is 11.8. The van der Waals surface area contributed by atoms with Crippen molar-refractivity contribution in [3.8, 4) is 0 Å². The van der Waals surface area contributed by atoms with Crippen LogP contribution in [0.15, 0.2) is 24.3 Å². The quantitative estimate of drug-likeness (QED) is 0.796. The van der Waals surface area contributed by atoms with E-state index in [0.29, 0.717) is 12.1 Å². The fourth-order valence-corrected chi connectivity index (χ4v) is 3.28. The molecule has 5 nitrogen and oxygen atoms in total. The van der Waals surface area contributed by atoms with Gasteiger partial charge in [-0.3, -0.25) is 9.00 Å². The molecule has 0 saturated carbocycles. The van der Waals surface area contributed by atoms with Crippen molar-refractivity contribution < 1.29 is 9.00 Å². The number of hydrogen-bond donors (Lipinski definition) is 2. The zero-order chi connectivity index (χ0) is 14.4. The highest BCUT2D eigenvalue weighted by atomic mass is 32.2. The van der Waals surface area contributed by atoms with E-state index in [4.69, 9.17) is 5.73 Å². The highest BCUT2D eigenvalue weighted by Gasteiger charge is 2.14. The predicted octanol–water partition coefficient (Wildman–Crippen LogP) is 1.05. The van der Waals surface area contributed by atoms with Crippen molar-refractivity contribution in [2.75, 3.05) is 42.2 Å². The van der Waals surface area contributed by atoms with E-state index in [-0.39, 0.29) is 5.91 Å². The van der Waals surface area contributed by atoms with Gasteiger partial charge in [0.25, 0.3) is 0 Å². The van der Waals surface area contributed by atoms with E-state index < -0.39 is 10.8 Å². The predicted molar refractivity (Wildman–Crippen MR) is 83.0 cm³/mol. The molecular weight excluding hydrogens is 274 g/mol. The Morgan fingerprint density at radius 3 is 2.55 bits per heavy atom. The molecule has 0 aromatic heterocycles. The van der Waals surface area contributed by atoms with Gasteiger partial charge in [0.1, 0.15) is 0 Å². The normalized spacial score (nSPS) is 17.0. The Kier molecular flexibility index (Phi) is 5.55. The molecule has 0 aliphatic carbocycles. The number of benzene rings is 1. The lowest BCUT2D eigenvalue weighted by molar-refractivity contribution is -0.116. The van der Waals surface area contributed by atoms with E-state index >= 15 is 0 Å². The molecule has 6 heteroatoms. The molecule has 1 saturated heterocycles. The monoisotopic (exact) mass is 295 g/mol. The Bertz CT molecular complexity index is 466. The first-order valence-electron chi connectivity index (χ1n) is 6.86. The summed E-state index contributed by atoms with van der Waals surface area (Å²) in [6, 6.07) is 7.13. The zero-order valence-corrected chi connectivity index (χ0v) is 12.3. The van der Waals surface area contributed by atoms with Crippen LogP contribution >= 0.6 is 0 Å². The van der Waals surface area contributed by atoms with Gasteiger partial charge in [0.15, 0.2) is 0 Å². The molecule has 1 aliphatic rings. The van der Waals surface area contributed by atoms with Crippen LogP contribution in [0.1, 0.15) is 12.8 Å². The fourth-order valence-electron chi connectivity index (χ4n) is 2.15. The third-order valence-corrected chi connectivity index (χ3v) is 4.62. The molecule has 1 aromatic carbocycles. The van der Waals surface area contributed by atoms with Crippen molar-refractivity contribution in [3.63, 3.8) is 0 Å². The SMILES string of the molecule is Nc1ccc(NC(=O)CCCN2CCS(=O)CC2)cc1. The molecule has 1 aromatic rings. The van der Waals surface area contributed by atoms with Crippen LogP contribution < -0.4 is 11.1 Å². The second-order valence-corrected chi connectivity index (χ2v) is 6.66. The second kappa shape index (κ2) is 7.40. The number of nitrogens with one attached hydrogen (secondary N) is 1. The highest BCUT2D eigenvalue weighted by molar-refractivity contribution is 7.85. The van der Waals surface area contributed by atoms with Gasteiger partial charge in [-0.1, -0.05) is 0 Å². The highest BCUT2D eigenvalue weighted by Crippen LogP contribution is 2.11. The third-order valence-electron chi connectivity index (χ3n) is 3.34. The number of rotatable bonds is 5. The van der Waals surface area contributed by atoms with E-state index in [1.54, 1.807) is 24.3 Å². The zero-order valence-electron chi connectivity index (χ0n) is 11.5. The number of hydrogen-bond acceptors (Lipinski definition) is 4. The molecule has 110 valence electrons. The molecule has 1 amide bonds. The van der Waals surface area contributed by atoms with Crippen LogP contribution in [-0.2, 0) is 15.6 Å². The Labute approximate surface area is 122 Å². The maximum atomic E-state index is 11.8. The van der Waals surface area contributed by atoms with Crippen molar-refractivity contribution >= 4 is 28.1 Å². The van der Waals surface area contributed by atoms with Crippen LogP contribution in [0.2, 0.25) is 0 Å². The van der Waals surface area contributed by atoms with Crippen LogP contribution in [-0.4, -0.2) is 46.2 Å². The summed E-state index contributed by atoms with van der Waals surface area (Å²) in [7, 11) is -0.635. The molecule has 0 bridgehead atoms. The Morgan fingerprint density at radius 2 is 1.90 bits per heavy atom. The van der Waals surface area contributed by atoms with E-state index in [1.165, 1.54) is 0 Å². The van der Waals surface area contributed by atoms with E-state index in [1.807, 2.05) is 0 Å². The first kappa shape index (κ1) is 15.0. The molecule has 1 aliphatic heterocycles. The van der Waals surface area contributed by atoms with Crippen LogP contribution in [0.25, 0.3) is 0 Å². The van der Waals surface area contributed by atoms with Crippen molar-refractivity contribution in [3.05, 3.63) is 24.3 Å². The van der Waals surface area contributed by atoms with Gasteiger partial charge in [-0.25, -0.2) is 0 Å². The molecule has 3 N–H and O–H groups in total. The summed E-state index contributed by atoms with van der Waals surface area (Å²) in [5.41, 5.74) is 7.05. The van der Waals surface area contributed by atoms with Gasteiger partial charge in [-0.05, 0) is 37.2 Å². The number of nitrogens with zero attached hydrogens (tertiary/aromatic N) is 1. The smallest absolute Gasteiger partial charge is 0.224 e. The molecule has 2 rings (SSSR count). The summed E-state index contributed by atoms with van der Waals surface area (Å²) < 4.78 is 11.2. The van der Waals surface area contributed by atoms with Crippen LogP contribution in [0, 0.1) is 0 Å². The first-order chi connectivity index (χ1) is 9.63. The van der Waals surface area contributed by atoms with Crippen molar-refractivity contribution in [1.82, 2.24) is 4.90 Å². The maximum Gasteiger partial charge on any atom is 0.224 e. The molecule has 0 unspecified atom stereocenters. The number of carbonyl (C=O) groups excluding carboxylic acids is 1. The van der Waals surface area contributed by atoms with E-state index in [0.717, 1.165) is 43.2 Å². The van der Waals surface area contributed by atoms with E-state index in [2.05, 4.69) is 10.2 Å². The summed E-state index contributed by atoms with van der Waals surface area (Å²) in [6.07, 6.45) is 1.33. The summed E-state index contributed by atoms with van der Waals surface area (Å²) in [4.78, 5) is 14.1. The van der Waals surface area contributed by atoms with Gasteiger partial charge in [-0.2, -0.15) is 0 Å². The van der Waals surface area contributed by atoms with Crippen molar-refractivity contribution in [2.45, 2.75) is 12.8 Å². The third kappa shape index (κ3) is 4.94. The Morgan fingerprint density at radius 1 is 1.25 bits per heavy atom. The van der Waals surface area contributed by atoms with Crippen LogP contribution in [0.5, 0.6) is 0 Å². The minimum absolute atomic E-state index is 0.0235. The number of carbonyl (C=O) groups is 1. The minimum atomic E-state index is -0.635. The summed E-state index contributed by atoms with van der Waals surface area (Å²) in [6.45, 7) is 2.66. The summed E-state index contributed by atoms with van der Waals surface area (Å²) >= 11 is 0. The first-order valence-corrected chi connectivity index (χ1v) is 8.35. The standard InChI is InChI=1S/C14H21N3O2S/c15-12-3-5-13(6-4-12)16-14(18)2-1-7-17-8-10-20(19)11-9-17/h3-6H,1-2,7-11,15H2,(H,16,18). The van der Waals surface area contributed by atoms with Crippen LogP contribution in [0.4, 0.5) is 11.4 Å². The molecule has 0 spiro atoms. The van der Waals surface area contributed by atoms with Gasteiger partial charge >= 0.3 is 0 Å². The number of anilines is 2. The van der Waals surface area contributed by atoms with Gasteiger partial charge in [0, 0.05) is 53.2 Å². The summed E-state index contributed by atoms with van der Waals surface area (Å²) in [5, 5.41) is 2.85. The van der Waals surface area contributed by atoms with Crippen molar-refractivity contribution in [1.29, 1.82) is 0 Å². The van der Waals surface area contributed by atoms with Gasteiger partial charge in [0.2, 0.25) is 5.91 Å². The fraction of sp³-hybridized carbons (Fsp3) is 0.500. The largest absolute Gasteiger partial charge is 0.399 e. The van der Waals surface area contributed by atoms with Crippen molar-refractivity contribution in [2.24, 2.45) is 0 Å². The van der Waals surface area contributed by atoms with Gasteiger partial charge in [-0.15, -0.1) is 0 Å². The lowest BCUT2D eigenvalue weighted by atomic mass is 10.2. The minimum Gasteiger partial charge on any atom is -0.399 e. The van der Waals surface area contributed by atoms with Crippen LogP contribution in [0.3, 0.4) is 0 Å². The van der Waals surface area contributed by atoms with Gasteiger partial charge < -0.3 is 16.0 Å². The molecular formula is C14H21N3O2S. The average molecular weight is 295 g/mol. The lowest BCUT2D eigenvalue weighted by Gasteiger charge is -2.25. The van der Waals surface area contributed by atoms with Gasteiger partial charge in [0.05, 0.1) is 0 Å². The molecule has 1 heterocycles. The summed E-state index contributed by atoms with van der Waals surface area (Å²) in [5.74, 6) is 1.55. The number of nitrogen functional groups attached to an aromatic ring is 1. The topological polar surface area (TPSA) is 75.4 Å². The second-order valence-electron chi connectivity index (χ2n) is 4.96. The Balaban J connectivity index is 1.65. The number of nitrogens with two attached hydrogens (primary N) is 1. The molecule has 0 atom stereocenters. The average Bonchev–Trinajstić information content (AvgIpc) is 2.44. The number of amides is 1. The van der Waals surface area contributed by atoms with E-state index in [9.17, 15) is 9.00 Å². The lowest BCUT2D eigenvalue weighted by Crippen LogP contribution is -2.38. The molecule has 1 fully saturated rings. The molecule has 0 radical (unpaired) electrons. The molecule has 20 heavy (non-hydrogen) atoms.